The van der Waals surface area contributed by atoms with Crippen molar-refractivity contribution in [2.24, 2.45) is 0 Å². The van der Waals surface area contributed by atoms with Crippen molar-refractivity contribution in [3.8, 4) is 5.75 Å². The van der Waals surface area contributed by atoms with E-state index in [2.05, 4.69) is 0 Å². The molecule has 0 bridgehead atoms. The molecule has 0 atom stereocenters. The first-order chi connectivity index (χ1) is 9.10. The Kier molecular flexibility index (Phi) is 4.32. The first-order valence-electron chi connectivity index (χ1n) is 6.06. The standard InChI is InChI=1S/C15H16FNOS/c1-3-18-14-9-15(13(17)8-12(14)16)19-11-6-4-10(2)5-7-11/h4-9H,3,17H2,1-2H3. The molecule has 2 aromatic carbocycles. The molecular formula is C15H16FNOS. The van der Waals surface area contributed by atoms with Crippen molar-refractivity contribution in [1.29, 1.82) is 0 Å². The van der Waals surface area contributed by atoms with Gasteiger partial charge in [0.25, 0.3) is 0 Å². The normalized spacial score (nSPS) is 10.5. The number of rotatable bonds is 4. The molecule has 19 heavy (non-hydrogen) atoms. The molecule has 0 fully saturated rings. The summed E-state index contributed by atoms with van der Waals surface area (Å²) in [6.07, 6.45) is 0. The Morgan fingerprint density at radius 3 is 2.53 bits per heavy atom. The molecular weight excluding hydrogens is 261 g/mol. The van der Waals surface area contributed by atoms with Crippen LogP contribution in [0.3, 0.4) is 0 Å². The van der Waals surface area contributed by atoms with E-state index in [1.54, 1.807) is 6.07 Å². The first kappa shape index (κ1) is 13.7. The smallest absolute Gasteiger partial charge is 0.167 e. The highest BCUT2D eigenvalue weighted by Crippen LogP contribution is 2.36. The van der Waals surface area contributed by atoms with Gasteiger partial charge in [-0.05, 0) is 32.0 Å². The minimum Gasteiger partial charge on any atom is -0.491 e. The van der Waals surface area contributed by atoms with Crippen LogP contribution in [0.15, 0.2) is 46.2 Å². The quantitative estimate of drug-likeness (QED) is 0.848. The van der Waals surface area contributed by atoms with Gasteiger partial charge < -0.3 is 10.5 Å². The lowest BCUT2D eigenvalue weighted by molar-refractivity contribution is 0.321. The molecule has 0 aliphatic rings. The molecule has 0 heterocycles. The molecule has 2 rings (SSSR count). The molecule has 0 aliphatic heterocycles. The Morgan fingerprint density at radius 2 is 1.89 bits per heavy atom. The van der Waals surface area contributed by atoms with Gasteiger partial charge in [-0.3, -0.25) is 0 Å². The summed E-state index contributed by atoms with van der Waals surface area (Å²) < 4.78 is 18.8. The number of nitrogen functional groups attached to an aromatic ring is 1. The van der Waals surface area contributed by atoms with Gasteiger partial charge in [0, 0.05) is 21.5 Å². The van der Waals surface area contributed by atoms with Crippen LogP contribution in [0.1, 0.15) is 12.5 Å². The van der Waals surface area contributed by atoms with Crippen LogP contribution >= 0.6 is 11.8 Å². The van der Waals surface area contributed by atoms with E-state index >= 15 is 0 Å². The van der Waals surface area contributed by atoms with Crippen molar-refractivity contribution in [3.63, 3.8) is 0 Å². The third kappa shape index (κ3) is 3.41. The zero-order chi connectivity index (χ0) is 13.8. The van der Waals surface area contributed by atoms with Gasteiger partial charge in [-0.2, -0.15) is 0 Å². The molecule has 2 nitrogen and oxygen atoms in total. The second kappa shape index (κ2) is 5.97. The molecule has 4 heteroatoms. The van der Waals surface area contributed by atoms with Crippen molar-refractivity contribution in [2.45, 2.75) is 23.6 Å². The van der Waals surface area contributed by atoms with E-state index in [1.165, 1.54) is 23.4 Å². The maximum Gasteiger partial charge on any atom is 0.167 e. The van der Waals surface area contributed by atoms with Crippen LogP contribution in [-0.2, 0) is 0 Å². The SMILES string of the molecule is CCOc1cc(Sc2ccc(C)cc2)c(N)cc1F. The number of hydrogen-bond acceptors (Lipinski definition) is 3. The van der Waals surface area contributed by atoms with Crippen molar-refractivity contribution in [2.75, 3.05) is 12.3 Å². The van der Waals surface area contributed by atoms with E-state index in [0.717, 1.165) is 9.79 Å². The lowest BCUT2D eigenvalue weighted by Gasteiger charge is -2.10. The number of anilines is 1. The maximum atomic E-state index is 13.6. The lowest BCUT2D eigenvalue weighted by Crippen LogP contribution is -1.97. The number of hydrogen-bond donors (Lipinski definition) is 1. The Labute approximate surface area is 116 Å². The first-order valence-corrected chi connectivity index (χ1v) is 6.88. The van der Waals surface area contributed by atoms with Gasteiger partial charge >= 0.3 is 0 Å². The fourth-order valence-electron chi connectivity index (χ4n) is 1.64. The molecule has 0 unspecified atom stereocenters. The topological polar surface area (TPSA) is 35.2 Å². The lowest BCUT2D eigenvalue weighted by atomic mass is 10.2. The van der Waals surface area contributed by atoms with Gasteiger partial charge in [0.2, 0.25) is 0 Å². The number of aryl methyl sites for hydroxylation is 1. The van der Waals surface area contributed by atoms with E-state index in [9.17, 15) is 4.39 Å². The van der Waals surface area contributed by atoms with Crippen LogP contribution in [0.2, 0.25) is 0 Å². The minimum atomic E-state index is -0.424. The highest BCUT2D eigenvalue weighted by atomic mass is 32.2. The number of nitrogens with two attached hydrogens (primary N) is 1. The molecule has 0 saturated carbocycles. The number of benzene rings is 2. The zero-order valence-corrected chi connectivity index (χ0v) is 11.8. The van der Waals surface area contributed by atoms with Crippen LogP contribution in [0.4, 0.5) is 10.1 Å². The third-order valence-electron chi connectivity index (χ3n) is 2.61. The molecule has 0 spiro atoms. The Hall–Kier alpha value is -1.68. The zero-order valence-electron chi connectivity index (χ0n) is 10.9. The summed E-state index contributed by atoms with van der Waals surface area (Å²) in [5, 5.41) is 0. The Morgan fingerprint density at radius 1 is 1.21 bits per heavy atom. The van der Waals surface area contributed by atoms with E-state index in [0.29, 0.717) is 12.3 Å². The highest BCUT2D eigenvalue weighted by molar-refractivity contribution is 7.99. The summed E-state index contributed by atoms with van der Waals surface area (Å²) in [5.74, 6) is -0.182. The molecule has 0 aliphatic carbocycles. The average molecular weight is 277 g/mol. The van der Waals surface area contributed by atoms with E-state index in [1.807, 2.05) is 38.1 Å². The van der Waals surface area contributed by atoms with Crippen LogP contribution in [0, 0.1) is 12.7 Å². The van der Waals surface area contributed by atoms with Gasteiger partial charge in [-0.25, -0.2) is 4.39 Å². The van der Waals surface area contributed by atoms with Crippen LogP contribution < -0.4 is 10.5 Å². The third-order valence-corrected chi connectivity index (χ3v) is 3.69. The van der Waals surface area contributed by atoms with Gasteiger partial charge in [0.15, 0.2) is 11.6 Å². The monoisotopic (exact) mass is 277 g/mol. The van der Waals surface area contributed by atoms with E-state index in [4.69, 9.17) is 10.5 Å². The fourth-order valence-corrected chi connectivity index (χ4v) is 2.51. The molecule has 0 saturated heterocycles. The van der Waals surface area contributed by atoms with Gasteiger partial charge in [0.05, 0.1) is 6.61 Å². The largest absolute Gasteiger partial charge is 0.491 e. The molecule has 0 amide bonds. The number of halogens is 1. The summed E-state index contributed by atoms with van der Waals surface area (Å²) in [6, 6.07) is 11.1. The second-order valence-electron chi connectivity index (χ2n) is 4.17. The summed E-state index contributed by atoms with van der Waals surface area (Å²) in [5.41, 5.74) is 7.47. The Balaban J connectivity index is 2.28. The van der Waals surface area contributed by atoms with Gasteiger partial charge in [0.1, 0.15) is 0 Å². The van der Waals surface area contributed by atoms with Crippen LogP contribution in [0.25, 0.3) is 0 Å². The summed E-state index contributed by atoms with van der Waals surface area (Å²) in [4.78, 5) is 1.86. The van der Waals surface area contributed by atoms with Gasteiger partial charge in [-0.1, -0.05) is 29.5 Å². The summed E-state index contributed by atoms with van der Waals surface area (Å²) in [6.45, 7) is 4.28. The molecule has 0 aromatic heterocycles. The fraction of sp³-hybridized carbons (Fsp3) is 0.200. The molecule has 2 aromatic rings. The van der Waals surface area contributed by atoms with E-state index < -0.39 is 5.82 Å². The average Bonchev–Trinajstić information content (AvgIpc) is 2.38. The summed E-state index contributed by atoms with van der Waals surface area (Å²) in [7, 11) is 0. The minimum absolute atomic E-state index is 0.242. The predicted molar refractivity (Wildman–Crippen MR) is 77.3 cm³/mol. The van der Waals surface area contributed by atoms with Crippen molar-refractivity contribution >= 4 is 17.4 Å². The molecule has 2 N–H and O–H groups in total. The van der Waals surface area contributed by atoms with Crippen LogP contribution in [0.5, 0.6) is 5.75 Å². The van der Waals surface area contributed by atoms with Crippen molar-refractivity contribution in [3.05, 3.63) is 47.8 Å². The van der Waals surface area contributed by atoms with Crippen molar-refractivity contribution < 1.29 is 9.13 Å². The summed E-state index contributed by atoms with van der Waals surface area (Å²) >= 11 is 1.50. The molecule has 100 valence electrons. The van der Waals surface area contributed by atoms with Crippen LogP contribution in [-0.4, -0.2) is 6.61 Å². The Bertz CT molecular complexity index is 569. The molecule has 0 radical (unpaired) electrons. The van der Waals surface area contributed by atoms with Crippen molar-refractivity contribution in [1.82, 2.24) is 0 Å². The maximum absolute atomic E-state index is 13.6. The predicted octanol–water partition coefficient (Wildman–Crippen LogP) is 4.27. The highest BCUT2D eigenvalue weighted by Gasteiger charge is 2.10. The number of ether oxygens (including phenoxy) is 1. The second-order valence-corrected chi connectivity index (χ2v) is 5.28. The van der Waals surface area contributed by atoms with Gasteiger partial charge in [-0.15, -0.1) is 0 Å². The van der Waals surface area contributed by atoms with E-state index in [-0.39, 0.29) is 5.75 Å².